The zero-order chi connectivity index (χ0) is 14.6. The van der Waals surface area contributed by atoms with E-state index in [2.05, 4.69) is 4.72 Å². The Labute approximate surface area is 124 Å². The fraction of sp³-hybridized carbons (Fsp3) is 0.538. The molecule has 1 fully saturated rings. The molecule has 0 spiro atoms. The third kappa shape index (κ3) is 4.09. The lowest BCUT2D eigenvalue weighted by Gasteiger charge is -2.22. The summed E-state index contributed by atoms with van der Waals surface area (Å²) < 4.78 is 32.3. The van der Waals surface area contributed by atoms with Gasteiger partial charge in [-0.3, -0.25) is 0 Å². The van der Waals surface area contributed by atoms with Crippen molar-refractivity contribution in [2.24, 2.45) is 0 Å². The van der Waals surface area contributed by atoms with E-state index in [0.717, 1.165) is 25.9 Å². The Balaban J connectivity index is 1.91. The molecule has 1 aliphatic heterocycles. The predicted molar refractivity (Wildman–Crippen MR) is 79.3 cm³/mol. The molecule has 3 N–H and O–H groups in total. The molecule has 1 saturated heterocycles. The number of halogens is 1. The van der Waals surface area contributed by atoms with Crippen LogP contribution in [-0.4, -0.2) is 27.7 Å². The molecule has 1 aromatic carbocycles. The van der Waals surface area contributed by atoms with Crippen LogP contribution in [-0.2, 0) is 14.8 Å². The second-order valence-electron chi connectivity index (χ2n) is 4.86. The van der Waals surface area contributed by atoms with Crippen LogP contribution in [0.3, 0.4) is 0 Å². The summed E-state index contributed by atoms with van der Waals surface area (Å²) in [5.41, 5.74) is 5.93. The van der Waals surface area contributed by atoms with E-state index in [1.54, 1.807) is 0 Å². The molecule has 0 aliphatic carbocycles. The molecular formula is C13H19ClN2O3S. The average molecular weight is 319 g/mol. The summed E-state index contributed by atoms with van der Waals surface area (Å²) in [5.74, 6) is 0. The molecule has 0 amide bonds. The van der Waals surface area contributed by atoms with Crippen LogP contribution >= 0.6 is 11.6 Å². The maximum Gasteiger partial charge on any atom is 0.240 e. The van der Waals surface area contributed by atoms with Crippen molar-refractivity contribution in [3.05, 3.63) is 23.2 Å². The van der Waals surface area contributed by atoms with Crippen LogP contribution in [0.1, 0.15) is 25.7 Å². The summed E-state index contributed by atoms with van der Waals surface area (Å²) >= 11 is 5.84. The highest BCUT2D eigenvalue weighted by atomic mass is 35.5. The number of nitrogens with two attached hydrogens (primary N) is 1. The second-order valence-corrected chi connectivity index (χ2v) is 7.03. The molecule has 1 heterocycles. The first kappa shape index (κ1) is 15.6. The minimum atomic E-state index is -3.55. The Morgan fingerprint density at radius 3 is 2.85 bits per heavy atom. The lowest BCUT2D eigenvalue weighted by Crippen LogP contribution is -2.29. The van der Waals surface area contributed by atoms with E-state index in [1.807, 2.05) is 0 Å². The number of nitrogen functional groups attached to an aromatic ring is 1. The van der Waals surface area contributed by atoms with E-state index < -0.39 is 10.0 Å². The first-order valence-electron chi connectivity index (χ1n) is 6.65. The zero-order valence-electron chi connectivity index (χ0n) is 11.1. The number of benzene rings is 1. The monoisotopic (exact) mass is 318 g/mol. The van der Waals surface area contributed by atoms with Gasteiger partial charge in [-0.05, 0) is 43.9 Å². The molecule has 0 bridgehead atoms. The SMILES string of the molecule is Nc1ccc(S(=O)(=O)NCCC2CCCCO2)cc1Cl. The van der Waals surface area contributed by atoms with Gasteiger partial charge in [0.2, 0.25) is 10.0 Å². The van der Waals surface area contributed by atoms with Gasteiger partial charge in [0.25, 0.3) is 0 Å². The van der Waals surface area contributed by atoms with Gasteiger partial charge in [0.05, 0.1) is 21.7 Å². The van der Waals surface area contributed by atoms with E-state index in [0.29, 0.717) is 18.7 Å². The van der Waals surface area contributed by atoms with Crippen molar-refractivity contribution in [1.82, 2.24) is 4.72 Å². The Hall–Kier alpha value is -0.820. The molecule has 112 valence electrons. The Morgan fingerprint density at radius 2 is 2.20 bits per heavy atom. The maximum atomic E-state index is 12.1. The number of rotatable bonds is 5. The van der Waals surface area contributed by atoms with Gasteiger partial charge in [0.1, 0.15) is 0 Å². The van der Waals surface area contributed by atoms with Crippen LogP contribution in [0, 0.1) is 0 Å². The highest BCUT2D eigenvalue weighted by molar-refractivity contribution is 7.89. The lowest BCUT2D eigenvalue weighted by atomic mass is 10.1. The molecule has 1 aromatic rings. The highest BCUT2D eigenvalue weighted by Gasteiger charge is 2.17. The first-order chi connectivity index (χ1) is 9.49. The minimum absolute atomic E-state index is 0.126. The summed E-state index contributed by atoms with van der Waals surface area (Å²) in [7, 11) is -3.55. The Bertz CT molecular complexity index is 557. The van der Waals surface area contributed by atoms with Gasteiger partial charge in [-0.15, -0.1) is 0 Å². The molecule has 1 atom stereocenters. The van der Waals surface area contributed by atoms with Gasteiger partial charge >= 0.3 is 0 Å². The third-order valence-corrected chi connectivity index (χ3v) is 5.10. The normalized spacial score (nSPS) is 19.9. The van der Waals surface area contributed by atoms with Crippen molar-refractivity contribution in [1.29, 1.82) is 0 Å². The van der Waals surface area contributed by atoms with Crippen LogP contribution in [0.25, 0.3) is 0 Å². The van der Waals surface area contributed by atoms with Crippen molar-refractivity contribution in [2.75, 3.05) is 18.9 Å². The van der Waals surface area contributed by atoms with Crippen molar-refractivity contribution in [3.8, 4) is 0 Å². The van der Waals surface area contributed by atoms with E-state index >= 15 is 0 Å². The van der Waals surface area contributed by atoms with Crippen molar-refractivity contribution in [3.63, 3.8) is 0 Å². The minimum Gasteiger partial charge on any atom is -0.398 e. The van der Waals surface area contributed by atoms with Crippen LogP contribution in [0.4, 0.5) is 5.69 Å². The summed E-state index contributed by atoms with van der Waals surface area (Å²) in [4.78, 5) is 0.126. The lowest BCUT2D eigenvalue weighted by molar-refractivity contribution is 0.0123. The van der Waals surface area contributed by atoms with E-state index in [-0.39, 0.29) is 16.0 Å². The molecule has 20 heavy (non-hydrogen) atoms. The average Bonchev–Trinajstić information content (AvgIpc) is 2.43. The van der Waals surface area contributed by atoms with Gasteiger partial charge in [0, 0.05) is 13.2 Å². The van der Waals surface area contributed by atoms with Gasteiger partial charge in [-0.25, -0.2) is 13.1 Å². The van der Waals surface area contributed by atoms with Crippen LogP contribution in [0.5, 0.6) is 0 Å². The molecule has 7 heteroatoms. The number of hydrogen-bond acceptors (Lipinski definition) is 4. The van der Waals surface area contributed by atoms with E-state index in [4.69, 9.17) is 22.1 Å². The molecule has 0 saturated carbocycles. The molecule has 0 radical (unpaired) electrons. The fourth-order valence-corrected chi connectivity index (χ4v) is 3.47. The number of hydrogen-bond donors (Lipinski definition) is 2. The molecule has 0 aromatic heterocycles. The quantitative estimate of drug-likeness (QED) is 0.815. The summed E-state index contributed by atoms with van der Waals surface area (Å²) in [5, 5.41) is 0.239. The van der Waals surface area contributed by atoms with E-state index in [1.165, 1.54) is 18.2 Å². The molecule has 1 aliphatic rings. The number of sulfonamides is 1. The highest BCUT2D eigenvalue weighted by Crippen LogP contribution is 2.22. The second kappa shape index (κ2) is 6.76. The van der Waals surface area contributed by atoms with Crippen molar-refractivity contribution >= 4 is 27.3 Å². The Morgan fingerprint density at radius 1 is 1.40 bits per heavy atom. The summed E-state index contributed by atoms with van der Waals surface area (Å²) in [6.45, 7) is 1.12. The van der Waals surface area contributed by atoms with Gasteiger partial charge in [-0.1, -0.05) is 11.6 Å². The first-order valence-corrected chi connectivity index (χ1v) is 8.51. The van der Waals surface area contributed by atoms with Crippen molar-refractivity contribution in [2.45, 2.75) is 36.7 Å². The molecule has 5 nitrogen and oxygen atoms in total. The third-order valence-electron chi connectivity index (χ3n) is 3.31. The molecular weight excluding hydrogens is 300 g/mol. The van der Waals surface area contributed by atoms with Gasteiger partial charge in [-0.2, -0.15) is 0 Å². The van der Waals surface area contributed by atoms with Crippen LogP contribution < -0.4 is 10.5 Å². The largest absolute Gasteiger partial charge is 0.398 e. The summed E-state index contributed by atoms with van der Waals surface area (Å²) in [6, 6.07) is 4.29. The number of anilines is 1. The fourth-order valence-electron chi connectivity index (χ4n) is 2.15. The summed E-state index contributed by atoms with van der Waals surface area (Å²) in [6.07, 6.45) is 4.07. The molecule has 2 rings (SSSR count). The topological polar surface area (TPSA) is 81.4 Å². The van der Waals surface area contributed by atoms with Gasteiger partial charge < -0.3 is 10.5 Å². The number of nitrogens with one attached hydrogen (secondary N) is 1. The number of ether oxygens (including phenoxy) is 1. The zero-order valence-corrected chi connectivity index (χ0v) is 12.7. The smallest absolute Gasteiger partial charge is 0.240 e. The van der Waals surface area contributed by atoms with Crippen LogP contribution in [0.2, 0.25) is 5.02 Å². The Kier molecular flexibility index (Phi) is 5.26. The van der Waals surface area contributed by atoms with Crippen molar-refractivity contribution < 1.29 is 13.2 Å². The maximum absolute atomic E-state index is 12.1. The molecule has 1 unspecified atom stereocenters. The van der Waals surface area contributed by atoms with Gasteiger partial charge in [0.15, 0.2) is 0 Å². The predicted octanol–water partition coefficient (Wildman–Crippen LogP) is 2.16. The van der Waals surface area contributed by atoms with Crippen LogP contribution in [0.15, 0.2) is 23.1 Å². The van der Waals surface area contributed by atoms with E-state index in [9.17, 15) is 8.42 Å². The standard InChI is InChI=1S/C13H19ClN2O3S/c14-12-9-11(4-5-13(12)15)20(17,18)16-7-6-10-3-1-2-8-19-10/h4-5,9-10,16H,1-3,6-8,15H2.